The van der Waals surface area contributed by atoms with Gasteiger partial charge in [-0.2, -0.15) is 0 Å². The van der Waals surface area contributed by atoms with Gasteiger partial charge < -0.3 is 4.98 Å². The molecule has 76 valence electrons. The Bertz CT molecular complexity index is 557. The third-order valence-electron chi connectivity index (χ3n) is 1.89. The van der Waals surface area contributed by atoms with E-state index in [1.807, 2.05) is 18.4 Å². The summed E-state index contributed by atoms with van der Waals surface area (Å²) in [6.07, 6.45) is 0.567. The van der Waals surface area contributed by atoms with Gasteiger partial charge in [-0.3, -0.25) is 9.59 Å². The summed E-state index contributed by atoms with van der Waals surface area (Å²) in [5.41, 5.74) is 0.668. The van der Waals surface area contributed by atoms with Gasteiger partial charge in [0.15, 0.2) is 6.29 Å². The molecule has 0 amide bonds. The van der Waals surface area contributed by atoms with Crippen LogP contribution in [0.5, 0.6) is 0 Å². The zero-order valence-corrected chi connectivity index (χ0v) is 8.80. The monoisotopic (exact) mass is 220 g/mol. The predicted molar refractivity (Wildman–Crippen MR) is 58.3 cm³/mol. The van der Waals surface area contributed by atoms with Crippen LogP contribution >= 0.6 is 11.3 Å². The van der Waals surface area contributed by atoms with Crippen LogP contribution < -0.4 is 5.56 Å². The maximum Gasteiger partial charge on any atom is 0.251 e. The molecule has 2 rings (SSSR count). The van der Waals surface area contributed by atoms with Crippen molar-refractivity contribution in [1.29, 1.82) is 0 Å². The Morgan fingerprint density at radius 2 is 2.27 bits per heavy atom. The van der Waals surface area contributed by atoms with E-state index in [0.717, 1.165) is 10.4 Å². The number of thiophene rings is 1. The number of aromatic nitrogens is 2. The lowest BCUT2D eigenvalue weighted by molar-refractivity contribution is 0.111. The molecule has 1 N–H and O–H groups in total. The lowest BCUT2D eigenvalue weighted by Gasteiger charge is -1.96. The summed E-state index contributed by atoms with van der Waals surface area (Å²) in [6.45, 7) is 1.97. The highest BCUT2D eigenvalue weighted by atomic mass is 32.1. The molecule has 2 heterocycles. The summed E-state index contributed by atoms with van der Waals surface area (Å²) in [5, 5.41) is 1.89. The van der Waals surface area contributed by atoms with Gasteiger partial charge in [-0.1, -0.05) is 0 Å². The molecule has 0 aliphatic carbocycles. The van der Waals surface area contributed by atoms with Gasteiger partial charge in [0.2, 0.25) is 0 Å². The van der Waals surface area contributed by atoms with Crippen molar-refractivity contribution in [3.8, 4) is 11.4 Å². The number of aryl methyl sites for hydroxylation is 1. The quantitative estimate of drug-likeness (QED) is 0.782. The van der Waals surface area contributed by atoms with E-state index in [2.05, 4.69) is 9.97 Å². The summed E-state index contributed by atoms with van der Waals surface area (Å²) in [4.78, 5) is 29.5. The second kappa shape index (κ2) is 3.78. The fourth-order valence-electron chi connectivity index (χ4n) is 1.24. The van der Waals surface area contributed by atoms with Gasteiger partial charge in [0, 0.05) is 21.9 Å². The lowest BCUT2D eigenvalue weighted by atomic mass is 10.3. The van der Waals surface area contributed by atoms with E-state index in [0.29, 0.717) is 12.1 Å². The molecule has 2 aromatic rings. The fourth-order valence-corrected chi connectivity index (χ4v) is 1.93. The molecule has 0 radical (unpaired) electrons. The van der Waals surface area contributed by atoms with Crippen LogP contribution in [0.4, 0.5) is 0 Å². The third-order valence-corrected chi connectivity index (χ3v) is 2.75. The maximum atomic E-state index is 11.2. The Morgan fingerprint density at radius 1 is 1.47 bits per heavy atom. The van der Waals surface area contributed by atoms with Crippen molar-refractivity contribution >= 4 is 17.6 Å². The van der Waals surface area contributed by atoms with Gasteiger partial charge in [-0.15, -0.1) is 11.3 Å². The van der Waals surface area contributed by atoms with Crippen LogP contribution in [0.15, 0.2) is 22.3 Å². The average Bonchev–Trinajstić information content (AvgIpc) is 2.64. The fraction of sp³-hybridized carbons (Fsp3) is 0.100. The number of aromatic amines is 1. The third kappa shape index (κ3) is 2.02. The number of H-pyrrole nitrogens is 1. The molecule has 0 unspecified atom stereocenters. The van der Waals surface area contributed by atoms with E-state index in [-0.39, 0.29) is 11.3 Å². The number of nitrogens with zero attached hydrogens (tertiary/aromatic N) is 1. The molecule has 2 aromatic heterocycles. The van der Waals surface area contributed by atoms with E-state index in [1.165, 1.54) is 6.07 Å². The molecule has 0 fully saturated rings. The Labute approximate surface area is 89.6 Å². The predicted octanol–water partition coefficient (Wildman–Crippen LogP) is 1.62. The van der Waals surface area contributed by atoms with Crippen LogP contribution in [0, 0.1) is 6.92 Å². The van der Waals surface area contributed by atoms with Gasteiger partial charge in [-0.25, -0.2) is 4.98 Å². The highest BCUT2D eigenvalue weighted by molar-refractivity contribution is 7.10. The summed E-state index contributed by atoms with van der Waals surface area (Å²) < 4.78 is 0. The Kier molecular flexibility index (Phi) is 2.47. The molecule has 0 aliphatic heterocycles. The van der Waals surface area contributed by atoms with Crippen LogP contribution in [0.2, 0.25) is 0 Å². The zero-order valence-electron chi connectivity index (χ0n) is 7.98. The molecule has 0 spiro atoms. The minimum atomic E-state index is -0.314. The van der Waals surface area contributed by atoms with Crippen molar-refractivity contribution in [2.75, 3.05) is 0 Å². The minimum absolute atomic E-state index is 0.151. The van der Waals surface area contributed by atoms with Crippen LogP contribution in [0.1, 0.15) is 15.4 Å². The molecule has 5 heteroatoms. The Morgan fingerprint density at radius 3 is 2.87 bits per heavy atom. The lowest BCUT2D eigenvalue weighted by Crippen LogP contribution is -2.09. The SMILES string of the molecule is Cc1cc(-c2nc(C=O)cc(=O)[nH]2)cs1. The first-order valence-electron chi connectivity index (χ1n) is 4.31. The van der Waals surface area contributed by atoms with Crippen molar-refractivity contribution in [3.63, 3.8) is 0 Å². The number of carbonyl (C=O) groups is 1. The van der Waals surface area contributed by atoms with Crippen LogP contribution in [0.25, 0.3) is 11.4 Å². The first-order chi connectivity index (χ1) is 7.19. The molecule has 0 aliphatic rings. The highest BCUT2D eigenvalue weighted by Crippen LogP contribution is 2.20. The number of aldehydes is 1. The van der Waals surface area contributed by atoms with Gasteiger partial charge in [0.25, 0.3) is 5.56 Å². The highest BCUT2D eigenvalue weighted by Gasteiger charge is 2.04. The van der Waals surface area contributed by atoms with Crippen molar-refractivity contribution in [3.05, 3.63) is 38.4 Å². The number of hydrogen-bond donors (Lipinski definition) is 1. The van der Waals surface area contributed by atoms with E-state index in [9.17, 15) is 9.59 Å². The van der Waals surface area contributed by atoms with Crippen LogP contribution in [0.3, 0.4) is 0 Å². The van der Waals surface area contributed by atoms with Gasteiger partial charge in [0.1, 0.15) is 11.5 Å². The number of hydrogen-bond acceptors (Lipinski definition) is 4. The van der Waals surface area contributed by atoms with E-state index in [1.54, 1.807) is 11.3 Å². The maximum absolute atomic E-state index is 11.2. The molecule has 0 saturated heterocycles. The molecule has 0 saturated carbocycles. The first kappa shape index (κ1) is 9.79. The Hall–Kier alpha value is -1.75. The van der Waals surface area contributed by atoms with Crippen LogP contribution in [-0.4, -0.2) is 16.3 Å². The van der Waals surface area contributed by atoms with E-state index in [4.69, 9.17) is 0 Å². The first-order valence-corrected chi connectivity index (χ1v) is 5.19. The number of carbonyl (C=O) groups excluding carboxylic acids is 1. The second-order valence-corrected chi connectivity index (χ2v) is 4.20. The van der Waals surface area contributed by atoms with Gasteiger partial charge in [-0.05, 0) is 13.0 Å². The second-order valence-electron chi connectivity index (χ2n) is 3.08. The van der Waals surface area contributed by atoms with E-state index < -0.39 is 0 Å². The van der Waals surface area contributed by atoms with Crippen molar-refractivity contribution < 1.29 is 4.79 Å². The Balaban J connectivity index is 2.57. The van der Waals surface area contributed by atoms with Crippen molar-refractivity contribution in [1.82, 2.24) is 9.97 Å². The molecule has 4 nitrogen and oxygen atoms in total. The number of rotatable bonds is 2. The average molecular weight is 220 g/mol. The van der Waals surface area contributed by atoms with Crippen molar-refractivity contribution in [2.24, 2.45) is 0 Å². The van der Waals surface area contributed by atoms with Crippen molar-refractivity contribution in [2.45, 2.75) is 6.92 Å². The largest absolute Gasteiger partial charge is 0.306 e. The smallest absolute Gasteiger partial charge is 0.251 e. The summed E-state index contributed by atoms with van der Waals surface area (Å²) in [7, 11) is 0. The minimum Gasteiger partial charge on any atom is -0.306 e. The molecule has 15 heavy (non-hydrogen) atoms. The number of nitrogens with one attached hydrogen (secondary N) is 1. The van der Waals surface area contributed by atoms with E-state index >= 15 is 0 Å². The molecule has 0 aromatic carbocycles. The summed E-state index contributed by atoms with van der Waals surface area (Å²) in [6, 6.07) is 3.09. The molecule has 0 atom stereocenters. The van der Waals surface area contributed by atoms with Gasteiger partial charge >= 0.3 is 0 Å². The topological polar surface area (TPSA) is 62.8 Å². The summed E-state index contributed by atoms with van der Waals surface area (Å²) in [5.74, 6) is 0.439. The normalized spacial score (nSPS) is 10.2. The standard InChI is InChI=1S/C10H8N2O2S/c1-6-2-7(5-15-6)10-11-8(4-13)3-9(14)12-10/h2-5H,1H3,(H,11,12,14). The molecular weight excluding hydrogens is 212 g/mol. The molecular formula is C10H8N2O2S. The van der Waals surface area contributed by atoms with Crippen LogP contribution in [-0.2, 0) is 0 Å². The zero-order chi connectivity index (χ0) is 10.8. The van der Waals surface area contributed by atoms with Gasteiger partial charge in [0.05, 0.1) is 0 Å². The molecule has 0 bridgehead atoms. The summed E-state index contributed by atoms with van der Waals surface area (Å²) >= 11 is 1.57.